The second kappa shape index (κ2) is 2.87. The molecular formula is C9H11N5. The minimum absolute atomic E-state index is 0.175. The standard InChI is InChI=1S/C9H11N5/c1-5-6(2)13-9-7(12-5)8(10)11-4-14(9)3/h4,10H,1-3H3. The second-order valence-corrected chi connectivity index (χ2v) is 3.27. The Balaban J connectivity index is 3.02. The molecule has 2 heterocycles. The average molecular weight is 189 g/mol. The first-order valence-electron chi connectivity index (χ1n) is 4.31. The van der Waals surface area contributed by atoms with Crippen LogP contribution in [0, 0.1) is 19.3 Å². The first-order valence-corrected chi connectivity index (χ1v) is 4.31. The van der Waals surface area contributed by atoms with Crippen LogP contribution in [0.1, 0.15) is 11.4 Å². The Bertz CT molecular complexity index is 555. The fraction of sp³-hybridized carbons (Fsp3) is 0.333. The highest BCUT2D eigenvalue weighted by Crippen LogP contribution is 2.06. The number of hydrogen-bond acceptors (Lipinski definition) is 4. The Morgan fingerprint density at radius 3 is 2.57 bits per heavy atom. The van der Waals surface area contributed by atoms with Gasteiger partial charge in [0.25, 0.3) is 0 Å². The molecule has 0 aliphatic rings. The maximum Gasteiger partial charge on any atom is 0.176 e. The van der Waals surface area contributed by atoms with E-state index in [9.17, 15) is 0 Å². The highest BCUT2D eigenvalue weighted by molar-refractivity contribution is 5.68. The number of nitrogens with zero attached hydrogens (tertiary/aromatic N) is 4. The molecule has 0 atom stereocenters. The number of fused-ring (bicyclic) bond motifs is 1. The van der Waals surface area contributed by atoms with Gasteiger partial charge < -0.3 is 4.57 Å². The minimum Gasteiger partial charge on any atom is -0.318 e. The Hall–Kier alpha value is -1.78. The van der Waals surface area contributed by atoms with Gasteiger partial charge in [-0.1, -0.05) is 0 Å². The molecule has 1 N–H and O–H groups in total. The fourth-order valence-corrected chi connectivity index (χ4v) is 1.26. The van der Waals surface area contributed by atoms with Gasteiger partial charge in [-0.3, -0.25) is 5.41 Å². The van der Waals surface area contributed by atoms with Crippen molar-refractivity contribution in [3.8, 4) is 0 Å². The summed E-state index contributed by atoms with van der Waals surface area (Å²) in [5, 5.41) is 7.60. The number of hydrogen-bond donors (Lipinski definition) is 1. The molecule has 0 aliphatic carbocycles. The Morgan fingerprint density at radius 2 is 1.86 bits per heavy atom. The summed E-state index contributed by atoms with van der Waals surface area (Å²) < 4.78 is 1.77. The Morgan fingerprint density at radius 1 is 1.21 bits per heavy atom. The van der Waals surface area contributed by atoms with Crippen LogP contribution in [0.2, 0.25) is 0 Å². The lowest BCUT2D eigenvalue weighted by Gasteiger charge is -2.05. The molecule has 0 unspecified atom stereocenters. The van der Waals surface area contributed by atoms with Gasteiger partial charge in [0.05, 0.1) is 17.7 Å². The summed E-state index contributed by atoms with van der Waals surface area (Å²) in [6.07, 6.45) is 1.58. The monoisotopic (exact) mass is 189 g/mol. The van der Waals surface area contributed by atoms with Gasteiger partial charge in [-0.2, -0.15) is 0 Å². The van der Waals surface area contributed by atoms with Crippen LogP contribution in [0.15, 0.2) is 6.33 Å². The van der Waals surface area contributed by atoms with E-state index in [1.165, 1.54) is 0 Å². The summed E-state index contributed by atoms with van der Waals surface area (Å²) in [5.41, 5.74) is 3.16. The predicted octanol–water partition coefficient (Wildman–Crippen LogP) is 0.460. The summed E-state index contributed by atoms with van der Waals surface area (Å²) in [6.45, 7) is 3.79. The van der Waals surface area contributed by atoms with Gasteiger partial charge in [0.2, 0.25) is 0 Å². The largest absolute Gasteiger partial charge is 0.318 e. The molecule has 5 heteroatoms. The van der Waals surface area contributed by atoms with Crippen LogP contribution in [0.25, 0.3) is 11.2 Å². The van der Waals surface area contributed by atoms with E-state index in [1.54, 1.807) is 10.9 Å². The van der Waals surface area contributed by atoms with Gasteiger partial charge in [0.15, 0.2) is 16.7 Å². The van der Waals surface area contributed by atoms with Crippen molar-refractivity contribution in [1.82, 2.24) is 19.5 Å². The summed E-state index contributed by atoms with van der Waals surface area (Å²) in [7, 11) is 1.85. The van der Waals surface area contributed by atoms with E-state index in [2.05, 4.69) is 15.0 Å². The van der Waals surface area contributed by atoms with Crippen LogP contribution in [0.4, 0.5) is 0 Å². The molecule has 2 aromatic heterocycles. The lowest BCUT2D eigenvalue weighted by Crippen LogP contribution is -2.14. The highest BCUT2D eigenvalue weighted by Gasteiger charge is 2.05. The Labute approximate surface area is 81.0 Å². The molecule has 14 heavy (non-hydrogen) atoms. The molecule has 0 amide bonds. The molecule has 72 valence electrons. The molecule has 0 bridgehead atoms. The van der Waals surface area contributed by atoms with Crippen LogP contribution in [-0.2, 0) is 7.05 Å². The molecule has 2 rings (SSSR count). The fourth-order valence-electron chi connectivity index (χ4n) is 1.26. The number of aromatic nitrogens is 4. The number of aryl methyl sites for hydroxylation is 3. The molecule has 0 spiro atoms. The van der Waals surface area contributed by atoms with Crippen molar-refractivity contribution in [2.45, 2.75) is 13.8 Å². The van der Waals surface area contributed by atoms with Crippen molar-refractivity contribution >= 4 is 11.2 Å². The lowest BCUT2D eigenvalue weighted by atomic mass is 10.3. The van der Waals surface area contributed by atoms with E-state index in [4.69, 9.17) is 5.41 Å². The van der Waals surface area contributed by atoms with Crippen molar-refractivity contribution in [2.75, 3.05) is 0 Å². The predicted molar refractivity (Wildman–Crippen MR) is 51.6 cm³/mol. The molecule has 0 fully saturated rings. The van der Waals surface area contributed by atoms with Crippen molar-refractivity contribution in [2.24, 2.45) is 7.05 Å². The zero-order valence-electron chi connectivity index (χ0n) is 8.37. The third-order valence-corrected chi connectivity index (χ3v) is 2.21. The van der Waals surface area contributed by atoms with Crippen LogP contribution < -0.4 is 5.49 Å². The average Bonchev–Trinajstić information content (AvgIpc) is 2.15. The first-order chi connectivity index (χ1) is 6.59. The molecule has 0 radical (unpaired) electrons. The van der Waals surface area contributed by atoms with Gasteiger partial charge in [-0.05, 0) is 13.8 Å². The van der Waals surface area contributed by atoms with E-state index in [0.29, 0.717) is 11.2 Å². The van der Waals surface area contributed by atoms with E-state index in [-0.39, 0.29) is 5.49 Å². The van der Waals surface area contributed by atoms with Gasteiger partial charge in [-0.25, -0.2) is 15.0 Å². The summed E-state index contributed by atoms with van der Waals surface area (Å²) >= 11 is 0. The van der Waals surface area contributed by atoms with Crippen LogP contribution in [0.5, 0.6) is 0 Å². The number of nitrogens with one attached hydrogen (secondary N) is 1. The second-order valence-electron chi connectivity index (χ2n) is 3.27. The molecule has 0 saturated carbocycles. The van der Waals surface area contributed by atoms with Crippen molar-refractivity contribution < 1.29 is 0 Å². The van der Waals surface area contributed by atoms with E-state index in [1.807, 2.05) is 20.9 Å². The summed E-state index contributed by atoms with van der Waals surface area (Å²) in [5.74, 6) is 0. The van der Waals surface area contributed by atoms with Crippen LogP contribution in [-0.4, -0.2) is 19.5 Å². The van der Waals surface area contributed by atoms with Crippen molar-refractivity contribution in [3.05, 3.63) is 23.2 Å². The maximum absolute atomic E-state index is 7.60. The molecule has 0 aliphatic heterocycles. The molecule has 2 aromatic rings. The highest BCUT2D eigenvalue weighted by atomic mass is 15.1. The van der Waals surface area contributed by atoms with Gasteiger partial charge in [-0.15, -0.1) is 0 Å². The third-order valence-electron chi connectivity index (χ3n) is 2.21. The van der Waals surface area contributed by atoms with E-state index >= 15 is 0 Å². The first kappa shape index (κ1) is 8.80. The van der Waals surface area contributed by atoms with Crippen molar-refractivity contribution in [3.63, 3.8) is 0 Å². The minimum atomic E-state index is 0.175. The van der Waals surface area contributed by atoms with E-state index in [0.717, 1.165) is 11.4 Å². The molecule has 5 nitrogen and oxygen atoms in total. The van der Waals surface area contributed by atoms with Gasteiger partial charge >= 0.3 is 0 Å². The summed E-state index contributed by atoms with van der Waals surface area (Å²) in [6, 6.07) is 0. The maximum atomic E-state index is 7.60. The smallest absolute Gasteiger partial charge is 0.176 e. The topological polar surface area (TPSA) is 67.5 Å². The van der Waals surface area contributed by atoms with Crippen molar-refractivity contribution in [1.29, 1.82) is 5.41 Å². The lowest BCUT2D eigenvalue weighted by molar-refractivity contribution is 0.855. The zero-order valence-corrected chi connectivity index (χ0v) is 8.37. The van der Waals surface area contributed by atoms with Crippen LogP contribution in [0.3, 0.4) is 0 Å². The third kappa shape index (κ3) is 1.17. The van der Waals surface area contributed by atoms with Gasteiger partial charge in [0.1, 0.15) is 0 Å². The molecular weight excluding hydrogens is 178 g/mol. The normalized spacial score (nSPS) is 10.8. The summed E-state index contributed by atoms with van der Waals surface area (Å²) in [4.78, 5) is 12.6. The van der Waals surface area contributed by atoms with Crippen LogP contribution >= 0.6 is 0 Å². The number of rotatable bonds is 0. The van der Waals surface area contributed by atoms with Gasteiger partial charge in [0, 0.05) is 7.05 Å². The Kier molecular flexibility index (Phi) is 1.80. The molecule has 0 aromatic carbocycles. The SMILES string of the molecule is Cc1nc2c(=N)ncn(C)c2nc1C. The molecule has 0 saturated heterocycles. The quantitative estimate of drug-likeness (QED) is 0.654. The van der Waals surface area contributed by atoms with E-state index < -0.39 is 0 Å². The zero-order chi connectivity index (χ0) is 10.3.